The van der Waals surface area contributed by atoms with Gasteiger partial charge in [0.05, 0.1) is 6.20 Å². The van der Waals surface area contributed by atoms with Gasteiger partial charge in [-0.25, -0.2) is 4.98 Å². The molecule has 0 spiro atoms. The van der Waals surface area contributed by atoms with Crippen molar-refractivity contribution >= 4 is 32.8 Å². The smallest absolute Gasteiger partial charge is 0.274 e. The number of rotatable bonds is 6. The number of pyridine rings is 1. The second-order valence-corrected chi connectivity index (χ2v) is 9.88. The Kier molecular flexibility index (Phi) is 4.52. The summed E-state index contributed by atoms with van der Waals surface area (Å²) in [4.78, 5) is 32.8. The Balaban J connectivity index is 1.68. The van der Waals surface area contributed by atoms with Crippen LogP contribution in [0.25, 0.3) is 22.2 Å². The number of hydrogen-bond donors (Lipinski definition) is 3. The highest BCUT2D eigenvalue weighted by atomic mass is 32.2. The molecule has 1 amide bonds. The minimum absolute atomic E-state index is 0.00546. The van der Waals surface area contributed by atoms with E-state index < -0.39 is 26.6 Å². The maximum absolute atomic E-state index is 13.7. The Labute approximate surface area is 188 Å². The van der Waals surface area contributed by atoms with Crippen molar-refractivity contribution in [3.8, 4) is 11.1 Å². The van der Waals surface area contributed by atoms with E-state index in [1.807, 2.05) is 6.20 Å². The maximum Gasteiger partial charge on any atom is 0.274 e. The summed E-state index contributed by atoms with van der Waals surface area (Å²) in [6, 6.07) is 5.80. The number of nitrogens with two attached hydrogens (primary N) is 1. The second kappa shape index (κ2) is 7.09. The summed E-state index contributed by atoms with van der Waals surface area (Å²) in [5, 5.41) is 4.67. The molecule has 4 N–H and O–H groups in total. The average Bonchev–Trinajstić information content (AvgIpc) is 3.32. The number of fused-ring (bicyclic) bond motifs is 1. The molecule has 10 nitrogen and oxygen atoms in total. The average molecular weight is 465 g/mol. The zero-order valence-electron chi connectivity index (χ0n) is 17.4. The van der Waals surface area contributed by atoms with Crippen LogP contribution in [-0.2, 0) is 21.9 Å². The lowest BCUT2D eigenvalue weighted by atomic mass is 9.93. The van der Waals surface area contributed by atoms with E-state index in [9.17, 15) is 22.6 Å². The molecular weight excluding hydrogens is 446 g/mol. The van der Waals surface area contributed by atoms with Gasteiger partial charge in [-0.15, -0.1) is 0 Å². The highest BCUT2D eigenvalue weighted by Crippen LogP contribution is 2.53. The molecule has 1 aromatic carbocycles. The lowest BCUT2D eigenvalue weighted by molar-refractivity contribution is 0.1000. The molecule has 33 heavy (non-hydrogen) atoms. The lowest BCUT2D eigenvalue weighted by Crippen LogP contribution is -2.24. The van der Waals surface area contributed by atoms with Crippen LogP contribution in [0.4, 0.5) is 0 Å². The number of carbonyl (C=O) groups is 2. The minimum atomic E-state index is -4.48. The quantitative estimate of drug-likeness (QED) is 0.290. The fourth-order valence-corrected chi connectivity index (χ4v) is 5.20. The molecule has 0 aliphatic heterocycles. The number of hydrogen-bond acceptors (Lipinski definition) is 6. The molecule has 1 saturated carbocycles. The summed E-state index contributed by atoms with van der Waals surface area (Å²) in [6.07, 6.45) is 6.97. The topological polar surface area (TPSA) is 161 Å². The van der Waals surface area contributed by atoms with Gasteiger partial charge < -0.3 is 10.7 Å². The van der Waals surface area contributed by atoms with Crippen LogP contribution in [0.15, 0.2) is 49.1 Å². The van der Waals surface area contributed by atoms with E-state index in [-0.39, 0.29) is 35.1 Å². The number of H-pyrrole nitrogens is 1. The number of nitrogens with one attached hydrogen (secondary N) is 1. The van der Waals surface area contributed by atoms with E-state index in [1.165, 1.54) is 24.4 Å². The number of nitrogens with zero attached hydrogens (tertiary/aromatic N) is 3. The molecule has 0 bridgehead atoms. The molecule has 11 heteroatoms. The highest BCUT2D eigenvalue weighted by Gasteiger charge is 2.57. The van der Waals surface area contributed by atoms with Gasteiger partial charge in [-0.3, -0.25) is 18.8 Å². The molecule has 1 aliphatic carbocycles. The molecule has 168 valence electrons. The van der Waals surface area contributed by atoms with Gasteiger partial charge in [0.2, 0.25) is 5.91 Å². The number of ketones is 1. The first-order valence-electron chi connectivity index (χ1n) is 10.0. The Morgan fingerprint density at radius 3 is 2.52 bits per heavy atom. The number of amides is 1. The molecule has 4 aromatic rings. The van der Waals surface area contributed by atoms with E-state index in [2.05, 4.69) is 15.1 Å². The number of carbonyl (C=O) groups excluding carboxylic acids is 2. The number of benzene rings is 1. The van der Waals surface area contributed by atoms with Gasteiger partial charge >= 0.3 is 0 Å². The van der Waals surface area contributed by atoms with Crippen molar-refractivity contribution in [2.75, 3.05) is 0 Å². The zero-order chi connectivity index (χ0) is 23.5. The first kappa shape index (κ1) is 21.0. The maximum atomic E-state index is 13.7. The Hall–Kier alpha value is -3.83. The minimum Gasteiger partial charge on any atom is -0.366 e. The van der Waals surface area contributed by atoms with Crippen LogP contribution in [0.3, 0.4) is 0 Å². The predicted octanol–water partition coefficient (Wildman–Crippen LogP) is 2.17. The molecule has 3 aromatic heterocycles. The van der Waals surface area contributed by atoms with Crippen LogP contribution in [0.5, 0.6) is 0 Å². The van der Waals surface area contributed by atoms with Crippen molar-refractivity contribution in [3.63, 3.8) is 0 Å². The van der Waals surface area contributed by atoms with Crippen molar-refractivity contribution in [2.24, 2.45) is 12.8 Å². The van der Waals surface area contributed by atoms with Crippen molar-refractivity contribution in [3.05, 3.63) is 71.3 Å². The fraction of sp³-hybridized carbons (Fsp3) is 0.182. The standard InChI is InChI=1S/C22H19N5O5S/c1-27-11-14(9-26-27)13-7-15-17(10-25-21(15)24-8-13)19(28)16-6-12(20(23)29)2-3-18(16)22(4-5-22)33(30,31)32/h2-3,6-11H,4-5H2,1H3,(H2,23,29)(H,24,25)(H,30,31,32). The molecule has 1 aliphatic rings. The summed E-state index contributed by atoms with van der Waals surface area (Å²) in [7, 11) is -2.69. The van der Waals surface area contributed by atoms with Gasteiger partial charge in [0, 0.05) is 58.8 Å². The Bertz CT molecular complexity index is 1560. The second-order valence-electron chi connectivity index (χ2n) is 8.15. The summed E-state index contributed by atoms with van der Waals surface area (Å²) < 4.78 is 34.2. The first-order chi connectivity index (χ1) is 15.6. The molecule has 3 heterocycles. The SMILES string of the molecule is Cn1cc(-c2cnc3[nH]cc(C(=O)c4cc(C(N)=O)ccc4C4(S(=O)(=O)O)CC4)c3c2)cn1. The van der Waals surface area contributed by atoms with Crippen molar-refractivity contribution in [1.29, 1.82) is 0 Å². The Morgan fingerprint density at radius 1 is 1.15 bits per heavy atom. The molecule has 1 fully saturated rings. The third-order valence-electron chi connectivity index (χ3n) is 6.05. The predicted molar refractivity (Wildman–Crippen MR) is 119 cm³/mol. The molecular formula is C22H19N5O5S. The highest BCUT2D eigenvalue weighted by molar-refractivity contribution is 7.87. The van der Waals surface area contributed by atoms with Gasteiger partial charge in [-0.05, 0) is 36.6 Å². The van der Waals surface area contributed by atoms with Crippen LogP contribution >= 0.6 is 0 Å². The van der Waals surface area contributed by atoms with E-state index in [0.717, 1.165) is 11.1 Å². The van der Waals surface area contributed by atoms with Crippen LogP contribution in [0.2, 0.25) is 0 Å². The van der Waals surface area contributed by atoms with E-state index in [1.54, 1.807) is 30.2 Å². The van der Waals surface area contributed by atoms with Crippen molar-refractivity contribution in [2.45, 2.75) is 17.6 Å². The zero-order valence-corrected chi connectivity index (χ0v) is 18.3. The molecule has 0 atom stereocenters. The van der Waals surface area contributed by atoms with Gasteiger partial charge in [0.15, 0.2) is 5.78 Å². The summed E-state index contributed by atoms with van der Waals surface area (Å²) in [6.45, 7) is 0. The summed E-state index contributed by atoms with van der Waals surface area (Å²) >= 11 is 0. The normalized spacial score (nSPS) is 15.0. The van der Waals surface area contributed by atoms with E-state index in [4.69, 9.17) is 5.73 Å². The van der Waals surface area contributed by atoms with Gasteiger partial charge in [0.1, 0.15) is 10.4 Å². The number of primary amides is 1. The number of aromatic amines is 1. The van der Waals surface area contributed by atoms with Crippen LogP contribution in [-0.4, -0.2) is 44.4 Å². The molecule has 5 rings (SSSR count). The van der Waals surface area contributed by atoms with Gasteiger partial charge in [0.25, 0.3) is 10.1 Å². The number of aryl methyl sites for hydroxylation is 1. The fourth-order valence-electron chi connectivity index (χ4n) is 4.13. The largest absolute Gasteiger partial charge is 0.366 e. The Morgan fingerprint density at radius 2 is 1.91 bits per heavy atom. The third-order valence-corrected chi connectivity index (χ3v) is 7.67. The number of aromatic nitrogens is 4. The third kappa shape index (κ3) is 3.33. The van der Waals surface area contributed by atoms with E-state index >= 15 is 0 Å². The van der Waals surface area contributed by atoms with Crippen molar-refractivity contribution < 1.29 is 22.6 Å². The van der Waals surface area contributed by atoms with Gasteiger partial charge in [-0.1, -0.05) is 6.07 Å². The molecule has 0 saturated heterocycles. The first-order valence-corrected chi connectivity index (χ1v) is 11.5. The summed E-state index contributed by atoms with van der Waals surface area (Å²) in [5.74, 6) is -1.27. The molecule has 0 unspecified atom stereocenters. The van der Waals surface area contributed by atoms with Crippen LogP contribution in [0, 0.1) is 0 Å². The monoisotopic (exact) mass is 465 g/mol. The van der Waals surface area contributed by atoms with Crippen molar-refractivity contribution in [1.82, 2.24) is 19.7 Å². The van der Waals surface area contributed by atoms with Crippen LogP contribution < -0.4 is 5.73 Å². The molecule has 0 radical (unpaired) electrons. The summed E-state index contributed by atoms with van der Waals surface area (Å²) in [5.41, 5.74) is 7.86. The van der Waals surface area contributed by atoms with Gasteiger partial charge in [-0.2, -0.15) is 13.5 Å². The van der Waals surface area contributed by atoms with Crippen LogP contribution in [0.1, 0.15) is 44.7 Å². The lowest BCUT2D eigenvalue weighted by Gasteiger charge is -2.17. The van der Waals surface area contributed by atoms with E-state index in [0.29, 0.717) is 11.0 Å².